The number of nitrogens with zero attached hydrogens (tertiary/aromatic N) is 6. The molecule has 0 aliphatic heterocycles. The Morgan fingerprint density at radius 3 is 1.50 bits per heavy atom. The van der Waals surface area contributed by atoms with Crippen molar-refractivity contribution in [2.45, 2.75) is 8.68 Å². The van der Waals surface area contributed by atoms with Gasteiger partial charge in [-0.25, -0.2) is 9.98 Å². The summed E-state index contributed by atoms with van der Waals surface area (Å²) in [5.74, 6) is -0.233. The van der Waals surface area contributed by atoms with E-state index >= 15 is 0 Å². The van der Waals surface area contributed by atoms with Crippen LogP contribution in [0.15, 0.2) is 55.1 Å². The maximum absolute atomic E-state index is 9.78. The van der Waals surface area contributed by atoms with Crippen LogP contribution in [0.3, 0.4) is 0 Å². The second-order valence-electron chi connectivity index (χ2n) is 5.87. The molecule has 0 unspecified atom stereocenters. The van der Waals surface area contributed by atoms with E-state index in [1.807, 2.05) is 0 Å². The second kappa shape index (κ2) is 9.95. The summed E-state index contributed by atoms with van der Waals surface area (Å²) in [4.78, 5) is 8.38. The van der Waals surface area contributed by atoms with Crippen LogP contribution in [-0.2, 0) is 0 Å². The molecule has 0 atom stereocenters. The van der Waals surface area contributed by atoms with E-state index in [0.29, 0.717) is 30.1 Å². The van der Waals surface area contributed by atoms with Crippen LogP contribution in [0.5, 0.6) is 23.0 Å². The monoisotopic (exact) mass is 504 g/mol. The number of benzene rings is 2. The Balaban J connectivity index is 1.34. The van der Waals surface area contributed by atoms with Crippen LogP contribution in [0.1, 0.15) is 11.1 Å². The van der Waals surface area contributed by atoms with Crippen LogP contribution in [0, 0.1) is 0 Å². The molecule has 0 radical (unpaired) electrons. The maximum Gasteiger partial charge on any atom is 0.232 e. The smallest absolute Gasteiger partial charge is 0.232 e. The second-order valence-corrected chi connectivity index (χ2v) is 10.4. The van der Waals surface area contributed by atoms with Crippen molar-refractivity contribution in [3.8, 4) is 23.0 Å². The zero-order valence-electron chi connectivity index (χ0n) is 15.7. The number of aliphatic imine (C=N–C) groups is 2. The van der Waals surface area contributed by atoms with Crippen molar-refractivity contribution in [3.05, 3.63) is 47.5 Å². The van der Waals surface area contributed by atoms with Gasteiger partial charge in [-0.15, -0.1) is 20.4 Å². The van der Waals surface area contributed by atoms with Gasteiger partial charge in [-0.2, -0.15) is 0 Å². The SMILES string of the molecule is Oc1ccc(/C=N/c2nnc(SSc3nnc(/N=C/c4ccc(O)cc4O)s3)s2)c(O)c1. The average molecular weight is 505 g/mol. The molecule has 0 aliphatic carbocycles. The van der Waals surface area contributed by atoms with E-state index in [2.05, 4.69) is 30.4 Å². The largest absolute Gasteiger partial charge is 0.508 e. The van der Waals surface area contributed by atoms with Crippen molar-refractivity contribution in [3.63, 3.8) is 0 Å². The van der Waals surface area contributed by atoms with E-state index in [4.69, 9.17) is 0 Å². The molecule has 2 aromatic heterocycles. The van der Waals surface area contributed by atoms with Gasteiger partial charge in [0.15, 0.2) is 8.68 Å². The molecule has 0 bridgehead atoms. The van der Waals surface area contributed by atoms with E-state index in [1.165, 1.54) is 81.0 Å². The molecule has 162 valence electrons. The first-order valence-corrected chi connectivity index (χ1v) is 12.4. The Kier molecular flexibility index (Phi) is 6.84. The fourth-order valence-corrected chi connectivity index (χ4v) is 5.89. The molecule has 32 heavy (non-hydrogen) atoms. The first-order valence-electron chi connectivity index (χ1n) is 8.60. The molecule has 0 saturated heterocycles. The normalized spacial score (nSPS) is 11.6. The molecule has 4 N–H and O–H groups in total. The van der Waals surface area contributed by atoms with E-state index in [0.717, 1.165) is 0 Å². The third-order valence-electron chi connectivity index (χ3n) is 3.63. The summed E-state index contributed by atoms with van der Waals surface area (Å²) in [6.45, 7) is 0. The molecule has 2 heterocycles. The molecule has 10 nitrogen and oxygen atoms in total. The summed E-state index contributed by atoms with van der Waals surface area (Å²) in [5, 5.41) is 55.1. The zero-order valence-corrected chi connectivity index (χ0v) is 19.0. The lowest BCUT2D eigenvalue weighted by atomic mass is 10.2. The van der Waals surface area contributed by atoms with Crippen molar-refractivity contribution >= 4 is 67.0 Å². The Hall–Kier alpha value is -3.20. The van der Waals surface area contributed by atoms with E-state index < -0.39 is 0 Å². The zero-order chi connectivity index (χ0) is 22.5. The predicted molar refractivity (Wildman–Crippen MR) is 126 cm³/mol. The lowest BCUT2D eigenvalue weighted by Crippen LogP contribution is -1.81. The van der Waals surface area contributed by atoms with Crippen LogP contribution < -0.4 is 0 Å². The van der Waals surface area contributed by atoms with E-state index in [-0.39, 0.29) is 23.0 Å². The molecule has 0 aliphatic rings. The minimum absolute atomic E-state index is 0.0321. The van der Waals surface area contributed by atoms with Gasteiger partial charge in [-0.3, -0.25) is 0 Å². The lowest BCUT2D eigenvalue weighted by molar-refractivity contribution is 0.449. The summed E-state index contributed by atoms with van der Waals surface area (Å²) < 4.78 is 1.32. The van der Waals surface area contributed by atoms with Gasteiger partial charge in [0, 0.05) is 35.7 Å². The molecule has 0 amide bonds. The van der Waals surface area contributed by atoms with Crippen LogP contribution in [0.2, 0.25) is 0 Å². The maximum atomic E-state index is 9.78. The van der Waals surface area contributed by atoms with Gasteiger partial charge in [-0.05, 0) is 45.9 Å². The third kappa shape index (κ3) is 5.73. The van der Waals surface area contributed by atoms with E-state index in [1.54, 1.807) is 12.1 Å². The highest BCUT2D eigenvalue weighted by molar-refractivity contribution is 8.77. The Morgan fingerprint density at radius 2 is 1.09 bits per heavy atom. The number of rotatable bonds is 7. The molecule has 4 aromatic rings. The van der Waals surface area contributed by atoms with Crippen molar-refractivity contribution < 1.29 is 20.4 Å². The molecule has 4 rings (SSSR count). The molecular formula is C18H12N6O4S4. The molecule has 0 fully saturated rings. The van der Waals surface area contributed by atoms with Crippen molar-refractivity contribution in [1.29, 1.82) is 0 Å². The summed E-state index contributed by atoms with van der Waals surface area (Å²) >= 11 is 2.53. The predicted octanol–water partition coefficient (Wildman–Crippen LogP) is 4.51. The van der Waals surface area contributed by atoms with Crippen LogP contribution >= 0.6 is 44.3 Å². The van der Waals surface area contributed by atoms with Gasteiger partial charge in [0.2, 0.25) is 10.3 Å². The van der Waals surface area contributed by atoms with Gasteiger partial charge in [0.05, 0.1) is 0 Å². The van der Waals surface area contributed by atoms with Crippen molar-refractivity contribution in [2.24, 2.45) is 9.98 Å². The van der Waals surface area contributed by atoms with Gasteiger partial charge in [-0.1, -0.05) is 22.7 Å². The van der Waals surface area contributed by atoms with Crippen LogP contribution in [-0.4, -0.2) is 53.3 Å². The third-order valence-corrected chi connectivity index (χ3v) is 8.25. The minimum atomic E-state index is -0.0845. The summed E-state index contributed by atoms with van der Waals surface area (Å²) in [6.07, 6.45) is 2.88. The molecule has 0 saturated carbocycles. The highest BCUT2D eigenvalue weighted by atomic mass is 33.1. The van der Waals surface area contributed by atoms with Crippen molar-refractivity contribution in [1.82, 2.24) is 20.4 Å². The highest BCUT2D eigenvalue weighted by Gasteiger charge is 2.09. The fraction of sp³-hybridized carbons (Fsp3) is 0. The molecule has 2 aromatic carbocycles. The van der Waals surface area contributed by atoms with Crippen LogP contribution in [0.4, 0.5) is 10.3 Å². The summed E-state index contributed by atoms with van der Waals surface area (Å²) in [7, 11) is 2.69. The minimum Gasteiger partial charge on any atom is -0.508 e. The molecular weight excluding hydrogens is 493 g/mol. The number of aromatic nitrogens is 4. The fourth-order valence-electron chi connectivity index (χ4n) is 2.18. The number of hydrogen-bond acceptors (Lipinski definition) is 14. The van der Waals surface area contributed by atoms with Gasteiger partial charge < -0.3 is 20.4 Å². The molecule has 0 spiro atoms. The standard InChI is InChI=1S/C18H12N6O4S4/c25-11-3-1-9(13(27)5-11)7-19-15-21-23-17(29-15)31-32-18-24-22-16(30-18)20-8-10-2-4-12(26)6-14(10)28/h1-8,25-28H/b19-7+,20-8+. The molecule has 14 heteroatoms. The number of hydrogen-bond donors (Lipinski definition) is 4. The first kappa shape index (κ1) is 22.0. The highest BCUT2D eigenvalue weighted by Crippen LogP contribution is 2.42. The Bertz CT molecular complexity index is 1210. The Morgan fingerprint density at radius 1 is 0.656 bits per heavy atom. The lowest BCUT2D eigenvalue weighted by Gasteiger charge is -1.97. The average Bonchev–Trinajstić information content (AvgIpc) is 3.40. The first-order chi connectivity index (χ1) is 15.5. The van der Waals surface area contributed by atoms with Gasteiger partial charge >= 0.3 is 0 Å². The summed E-state index contributed by atoms with van der Waals surface area (Å²) in [6, 6.07) is 8.44. The summed E-state index contributed by atoms with van der Waals surface area (Å²) in [5.41, 5.74) is 0.897. The topological polar surface area (TPSA) is 157 Å². The van der Waals surface area contributed by atoms with Gasteiger partial charge in [0.25, 0.3) is 0 Å². The number of phenols is 4. The van der Waals surface area contributed by atoms with Crippen molar-refractivity contribution in [2.75, 3.05) is 0 Å². The van der Waals surface area contributed by atoms with E-state index in [9.17, 15) is 20.4 Å². The Labute approximate surface area is 196 Å². The number of phenolic OH excluding ortho intramolecular Hbond substituents is 4. The van der Waals surface area contributed by atoms with Gasteiger partial charge in [0.1, 0.15) is 23.0 Å². The number of aromatic hydroxyl groups is 4. The quantitative estimate of drug-likeness (QED) is 0.208. The van der Waals surface area contributed by atoms with Crippen LogP contribution in [0.25, 0.3) is 0 Å².